The molecular weight excluding hydrogens is 352 g/mol. The van der Waals surface area contributed by atoms with Crippen molar-refractivity contribution in [3.63, 3.8) is 0 Å². The van der Waals surface area contributed by atoms with Gasteiger partial charge in [-0.1, -0.05) is 42.1 Å². The quantitative estimate of drug-likeness (QED) is 0.321. The molecule has 0 unspecified atom stereocenters. The predicted molar refractivity (Wildman–Crippen MR) is 96.7 cm³/mol. The van der Waals surface area contributed by atoms with Gasteiger partial charge in [-0.25, -0.2) is 9.78 Å². The van der Waals surface area contributed by atoms with E-state index in [9.17, 15) is 9.59 Å². The van der Waals surface area contributed by atoms with E-state index >= 15 is 0 Å². The van der Waals surface area contributed by atoms with E-state index in [0.717, 1.165) is 16.6 Å². The molecule has 0 spiro atoms. The second-order valence-corrected chi connectivity index (χ2v) is 6.69. The van der Waals surface area contributed by atoms with Gasteiger partial charge in [-0.3, -0.25) is 9.32 Å². The first kappa shape index (κ1) is 16.3. The van der Waals surface area contributed by atoms with Crippen molar-refractivity contribution in [1.82, 2.24) is 15.2 Å². The third kappa shape index (κ3) is 2.95. The van der Waals surface area contributed by atoms with E-state index in [-0.39, 0.29) is 17.2 Å². The van der Waals surface area contributed by atoms with Crippen LogP contribution in [-0.2, 0) is 0 Å². The van der Waals surface area contributed by atoms with E-state index in [1.807, 2.05) is 55.5 Å². The van der Waals surface area contributed by atoms with Gasteiger partial charge in [0.1, 0.15) is 0 Å². The lowest BCUT2D eigenvalue weighted by molar-refractivity contribution is -0.672. The van der Waals surface area contributed by atoms with E-state index in [1.165, 1.54) is 16.4 Å². The van der Waals surface area contributed by atoms with Crippen molar-refractivity contribution in [3.05, 3.63) is 70.2 Å². The van der Waals surface area contributed by atoms with Gasteiger partial charge < -0.3 is 4.98 Å². The molecule has 4 aromatic rings. The first-order valence-electron chi connectivity index (χ1n) is 7.94. The molecule has 8 heteroatoms. The first-order chi connectivity index (χ1) is 12.6. The number of aryl methyl sites for hydroxylation is 1. The number of para-hydroxylation sites is 3. The molecule has 130 valence electrons. The molecule has 0 amide bonds. The molecule has 2 aromatic carbocycles. The zero-order valence-electron chi connectivity index (χ0n) is 13.9. The fraction of sp³-hybridized carbons (Fsp3) is 0.111. The van der Waals surface area contributed by atoms with Crippen LogP contribution in [0.4, 0.5) is 0 Å². The number of nitrogens with zero attached hydrogens (tertiary/aromatic N) is 2. The maximum absolute atomic E-state index is 12.7. The summed E-state index contributed by atoms with van der Waals surface area (Å²) in [5, 5.41) is 3.13. The molecule has 2 heterocycles. The van der Waals surface area contributed by atoms with Crippen molar-refractivity contribution in [3.8, 4) is 5.69 Å². The summed E-state index contributed by atoms with van der Waals surface area (Å²) >= 11 is 1.25. The molecule has 0 saturated carbocycles. The fourth-order valence-corrected chi connectivity index (χ4v) is 3.44. The lowest BCUT2D eigenvalue weighted by atomic mass is 10.2. The number of hydrogen-bond acceptors (Lipinski definition) is 5. The van der Waals surface area contributed by atoms with Crippen LogP contribution in [0.3, 0.4) is 0 Å². The Morgan fingerprint density at radius 2 is 1.96 bits per heavy atom. The second kappa shape index (κ2) is 6.64. The van der Waals surface area contributed by atoms with Crippen molar-refractivity contribution in [2.24, 2.45) is 0 Å². The van der Waals surface area contributed by atoms with Crippen molar-refractivity contribution < 1.29 is 14.0 Å². The number of carbonyl (C=O) groups is 1. The zero-order valence-corrected chi connectivity index (χ0v) is 14.7. The van der Waals surface area contributed by atoms with Crippen molar-refractivity contribution in [2.45, 2.75) is 12.1 Å². The highest BCUT2D eigenvalue weighted by molar-refractivity contribution is 7.99. The third-order valence-corrected chi connectivity index (χ3v) is 4.85. The van der Waals surface area contributed by atoms with Gasteiger partial charge in [0.15, 0.2) is 5.16 Å². The van der Waals surface area contributed by atoms with Gasteiger partial charge in [0.2, 0.25) is 11.5 Å². The zero-order chi connectivity index (χ0) is 18.1. The number of Topliss-reactive ketones (excluding diaryl/α,β-unsaturated/α-hetero) is 1. The fourth-order valence-electron chi connectivity index (χ4n) is 2.69. The number of rotatable bonds is 5. The first-order valence-corrected chi connectivity index (χ1v) is 8.92. The number of fused-ring (bicyclic) bond motifs is 1. The lowest BCUT2D eigenvalue weighted by Gasteiger charge is -1.97. The van der Waals surface area contributed by atoms with Crippen LogP contribution in [0, 0.1) is 6.92 Å². The molecule has 4 rings (SSSR count). The Morgan fingerprint density at radius 3 is 2.77 bits per heavy atom. The minimum Gasteiger partial charge on any atom is -0.333 e. The van der Waals surface area contributed by atoms with E-state index in [1.54, 1.807) is 0 Å². The summed E-state index contributed by atoms with van der Waals surface area (Å²) in [6.45, 7) is 1.89. The van der Waals surface area contributed by atoms with Crippen molar-refractivity contribution in [1.29, 1.82) is 0 Å². The van der Waals surface area contributed by atoms with Crippen LogP contribution in [0.1, 0.15) is 16.1 Å². The SMILES string of the molecule is Cc1ccccc1-[n+]1[nH]oc(=O)c1C(=O)CSc1nc2ccccc2[nH]1. The molecule has 0 aliphatic heterocycles. The number of benzene rings is 2. The Bertz CT molecular complexity index is 1130. The monoisotopic (exact) mass is 367 g/mol. The molecule has 0 aliphatic carbocycles. The topological polar surface area (TPSA) is 95.6 Å². The number of H-pyrrole nitrogens is 2. The molecular formula is C18H15N4O3S+. The minimum absolute atomic E-state index is 0.0390. The average molecular weight is 367 g/mol. The lowest BCUT2D eigenvalue weighted by Crippen LogP contribution is -2.42. The molecule has 0 radical (unpaired) electrons. The highest BCUT2D eigenvalue weighted by atomic mass is 32.2. The second-order valence-electron chi connectivity index (χ2n) is 5.72. The predicted octanol–water partition coefficient (Wildman–Crippen LogP) is 2.40. The molecule has 7 nitrogen and oxygen atoms in total. The van der Waals surface area contributed by atoms with Crippen LogP contribution in [0.15, 0.2) is 63.0 Å². The minimum atomic E-state index is -0.691. The Balaban J connectivity index is 1.60. The Morgan fingerprint density at radius 1 is 1.19 bits per heavy atom. The maximum atomic E-state index is 12.7. The number of nitrogens with one attached hydrogen (secondary N) is 2. The average Bonchev–Trinajstić information content (AvgIpc) is 3.23. The molecule has 0 fully saturated rings. The largest absolute Gasteiger partial charge is 0.438 e. The van der Waals surface area contributed by atoms with Gasteiger partial charge in [0.25, 0.3) is 0 Å². The van der Waals surface area contributed by atoms with E-state index in [2.05, 4.69) is 15.2 Å². The van der Waals surface area contributed by atoms with Gasteiger partial charge in [0.05, 0.1) is 16.8 Å². The number of ketones is 1. The molecule has 0 atom stereocenters. The number of imidazole rings is 1. The summed E-state index contributed by atoms with van der Waals surface area (Å²) in [5.74, 6) is -0.275. The molecule has 0 aliphatic rings. The van der Waals surface area contributed by atoms with E-state index < -0.39 is 5.63 Å². The Kier molecular flexibility index (Phi) is 4.18. The summed E-state index contributed by atoms with van der Waals surface area (Å²) in [5.41, 5.74) is 2.60. The van der Waals surface area contributed by atoms with Crippen LogP contribution < -0.4 is 10.3 Å². The summed E-state index contributed by atoms with van der Waals surface area (Å²) in [6.07, 6.45) is 0. The Hall–Kier alpha value is -3.13. The third-order valence-electron chi connectivity index (χ3n) is 3.97. The standard InChI is InChI=1S/C18H14N4O3S/c1-11-6-2-5-9-14(11)22-16(17(24)25-21-22)15(23)10-26-18-19-12-7-3-4-8-13(12)20-18/h2-9H,10H2,1H3,(H-,19,20,21,23,24)/p+1. The summed E-state index contributed by atoms with van der Waals surface area (Å²) in [6, 6.07) is 15.0. The number of aromatic nitrogens is 4. The molecule has 2 aromatic heterocycles. The van der Waals surface area contributed by atoms with Crippen LogP contribution in [0.2, 0.25) is 0 Å². The normalized spacial score (nSPS) is 11.1. The van der Waals surface area contributed by atoms with Crippen molar-refractivity contribution >= 4 is 28.6 Å². The highest BCUT2D eigenvalue weighted by Crippen LogP contribution is 2.19. The van der Waals surface area contributed by atoms with Gasteiger partial charge in [0, 0.05) is 11.6 Å². The van der Waals surface area contributed by atoms with E-state index in [0.29, 0.717) is 10.8 Å². The van der Waals surface area contributed by atoms with E-state index in [4.69, 9.17) is 4.52 Å². The van der Waals surface area contributed by atoms with Crippen LogP contribution in [-0.4, -0.2) is 26.8 Å². The molecule has 0 bridgehead atoms. The highest BCUT2D eigenvalue weighted by Gasteiger charge is 2.31. The van der Waals surface area contributed by atoms with Crippen molar-refractivity contribution in [2.75, 3.05) is 5.75 Å². The van der Waals surface area contributed by atoms with Gasteiger partial charge in [-0.2, -0.15) is 0 Å². The van der Waals surface area contributed by atoms with Crippen LogP contribution in [0.5, 0.6) is 0 Å². The molecule has 26 heavy (non-hydrogen) atoms. The summed E-state index contributed by atoms with van der Waals surface area (Å²) < 4.78 is 6.24. The molecule has 0 saturated heterocycles. The van der Waals surface area contributed by atoms with Crippen LogP contribution >= 0.6 is 11.8 Å². The summed E-state index contributed by atoms with van der Waals surface area (Å²) in [4.78, 5) is 32.3. The van der Waals surface area contributed by atoms with Gasteiger partial charge in [-0.05, 0) is 29.0 Å². The van der Waals surface area contributed by atoms with Crippen LogP contribution in [0.25, 0.3) is 16.7 Å². The van der Waals surface area contributed by atoms with Gasteiger partial charge >= 0.3 is 11.3 Å². The van der Waals surface area contributed by atoms with Gasteiger partial charge in [-0.15, -0.1) is 0 Å². The number of thioether (sulfide) groups is 1. The Labute approximate surface area is 152 Å². The number of aromatic amines is 2. The number of carbonyl (C=O) groups excluding carboxylic acids is 1. The smallest absolute Gasteiger partial charge is 0.333 e. The number of hydrogen-bond donors (Lipinski definition) is 2. The maximum Gasteiger partial charge on any atom is 0.438 e. The summed E-state index contributed by atoms with van der Waals surface area (Å²) in [7, 11) is 0. The molecule has 2 N–H and O–H groups in total.